The first-order chi connectivity index (χ1) is 29.6. The normalized spacial score (nSPS) is 22.7. The number of ether oxygens (including phenoxy) is 7. The monoisotopic (exact) mass is 943 g/mol. The number of tetrazole rings is 1. The molecule has 5 atom stereocenters. The quantitative estimate of drug-likeness (QED) is 0.0379. The molecule has 352 valence electrons. The van der Waals surface area contributed by atoms with Crippen LogP contribution in [0.3, 0.4) is 0 Å². The number of carbonyl (C=O) groups is 2. The van der Waals surface area contributed by atoms with Crippen LogP contribution >= 0.6 is 19.2 Å². The summed E-state index contributed by atoms with van der Waals surface area (Å²) in [4.78, 5) is 40.0. The summed E-state index contributed by atoms with van der Waals surface area (Å²) in [5, 5.41) is 15.2. The highest BCUT2D eigenvalue weighted by molar-refractivity contribution is 7.56. The number of aromatic nitrogens is 8. The standard InChI is InChI=1S/C39H63ClN9O12PSi/c1-12-54-34(50)39(62(52,56-13-2)57-14-3,21-28-44-46-47(45-28)24-53-19-20-63(9,10)11)55-23-27-29-30(60-38(7,8)59-29)33(58-27)49-32-26(22-41-49)31(42-35(40)43-32)48(25-17-15-16-18-25)36(51)61-37(4,5)6/h22,25,27,29-30,33H,12-21,23-24H2,1-11H3/t27-,29-,30-,33-,39?/m1/s1. The van der Waals surface area contributed by atoms with Gasteiger partial charge in [0.15, 0.2) is 36.0 Å². The Morgan fingerprint density at radius 1 is 1.03 bits per heavy atom. The van der Waals surface area contributed by atoms with E-state index in [0.29, 0.717) is 12.0 Å². The van der Waals surface area contributed by atoms with Gasteiger partial charge in [-0.2, -0.15) is 15.1 Å². The van der Waals surface area contributed by atoms with E-state index >= 15 is 0 Å². The van der Waals surface area contributed by atoms with Crippen molar-refractivity contribution in [3.05, 3.63) is 17.3 Å². The third-order valence-corrected chi connectivity index (χ3v) is 14.9. The number of esters is 1. The fraction of sp³-hybridized carbons (Fsp3) is 0.795. The summed E-state index contributed by atoms with van der Waals surface area (Å²) in [6.45, 7) is 20.3. The number of hydrogen-bond donors (Lipinski definition) is 0. The molecule has 2 saturated heterocycles. The fourth-order valence-corrected chi connectivity index (χ4v) is 10.7. The number of carbonyl (C=O) groups excluding carboxylic acids is 2. The second-order valence-corrected chi connectivity index (χ2v) is 26.5. The Bertz CT molecular complexity index is 2100. The van der Waals surface area contributed by atoms with Crippen LogP contribution in [-0.4, -0.2) is 134 Å². The van der Waals surface area contributed by atoms with Crippen molar-refractivity contribution in [1.82, 2.24) is 40.0 Å². The lowest BCUT2D eigenvalue weighted by atomic mass is 10.1. The van der Waals surface area contributed by atoms with E-state index in [1.165, 1.54) is 9.48 Å². The number of halogens is 1. The van der Waals surface area contributed by atoms with Gasteiger partial charge in [0.25, 0.3) is 5.34 Å². The van der Waals surface area contributed by atoms with Gasteiger partial charge < -0.3 is 42.2 Å². The van der Waals surface area contributed by atoms with Crippen molar-refractivity contribution in [2.24, 2.45) is 0 Å². The summed E-state index contributed by atoms with van der Waals surface area (Å²) in [6.07, 6.45) is 0.233. The zero-order valence-electron chi connectivity index (χ0n) is 38.2. The van der Waals surface area contributed by atoms with Gasteiger partial charge in [-0.3, -0.25) is 9.46 Å². The van der Waals surface area contributed by atoms with Gasteiger partial charge in [0.2, 0.25) is 5.28 Å². The molecule has 3 aliphatic rings. The lowest BCUT2D eigenvalue weighted by Gasteiger charge is -2.36. The number of anilines is 1. The Morgan fingerprint density at radius 2 is 1.71 bits per heavy atom. The Balaban J connectivity index is 1.35. The van der Waals surface area contributed by atoms with Gasteiger partial charge in [0, 0.05) is 20.7 Å². The first-order valence-electron chi connectivity index (χ1n) is 21.6. The molecule has 0 radical (unpaired) electrons. The molecular formula is C39H63ClN9O12PSi. The molecule has 24 heteroatoms. The Labute approximate surface area is 373 Å². The van der Waals surface area contributed by atoms with Gasteiger partial charge in [0.1, 0.15) is 23.9 Å². The molecule has 1 aliphatic carbocycles. The average Bonchev–Trinajstić information content (AvgIpc) is 4.02. The molecule has 1 saturated carbocycles. The van der Waals surface area contributed by atoms with Crippen LogP contribution < -0.4 is 4.90 Å². The van der Waals surface area contributed by atoms with E-state index < -0.39 is 82.0 Å². The molecule has 3 fully saturated rings. The van der Waals surface area contributed by atoms with E-state index in [1.807, 2.05) is 0 Å². The molecular weight excluding hydrogens is 881 g/mol. The van der Waals surface area contributed by atoms with Crippen LogP contribution in [0.15, 0.2) is 6.20 Å². The minimum absolute atomic E-state index is 0.00503. The predicted molar refractivity (Wildman–Crippen MR) is 231 cm³/mol. The van der Waals surface area contributed by atoms with E-state index in [2.05, 4.69) is 45.0 Å². The predicted octanol–water partition coefficient (Wildman–Crippen LogP) is 6.66. The Hall–Kier alpha value is -3.18. The lowest BCUT2D eigenvalue weighted by molar-refractivity contribution is -0.208. The fourth-order valence-electron chi connectivity index (χ4n) is 7.79. The zero-order valence-corrected chi connectivity index (χ0v) is 40.8. The second kappa shape index (κ2) is 19.7. The molecule has 6 rings (SSSR count). The van der Waals surface area contributed by atoms with Gasteiger partial charge in [-0.25, -0.2) is 14.3 Å². The summed E-state index contributed by atoms with van der Waals surface area (Å²) in [5.74, 6) is -1.88. The van der Waals surface area contributed by atoms with Crippen LogP contribution in [0.1, 0.15) is 93.1 Å². The molecule has 2 aliphatic heterocycles. The molecule has 0 spiro atoms. The van der Waals surface area contributed by atoms with Crippen molar-refractivity contribution in [2.75, 3.05) is 37.9 Å². The maximum absolute atomic E-state index is 15.0. The number of rotatable bonds is 20. The molecule has 1 amide bonds. The highest BCUT2D eigenvalue weighted by Gasteiger charge is 2.63. The Kier molecular flexibility index (Phi) is 15.4. The van der Waals surface area contributed by atoms with Crippen LogP contribution in [0.4, 0.5) is 10.6 Å². The van der Waals surface area contributed by atoms with E-state index in [1.54, 1.807) is 66.5 Å². The molecule has 3 aromatic heterocycles. The van der Waals surface area contributed by atoms with Crippen LogP contribution in [-0.2, 0) is 64.7 Å². The van der Waals surface area contributed by atoms with Crippen LogP contribution in [0.25, 0.3) is 11.0 Å². The third-order valence-electron chi connectivity index (χ3n) is 10.5. The minimum atomic E-state index is -4.56. The van der Waals surface area contributed by atoms with Crippen LogP contribution in [0.2, 0.25) is 31.0 Å². The van der Waals surface area contributed by atoms with Crippen LogP contribution in [0, 0.1) is 0 Å². The number of nitrogens with zero attached hydrogens (tertiary/aromatic N) is 9. The van der Waals surface area contributed by atoms with E-state index in [9.17, 15) is 14.2 Å². The lowest BCUT2D eigenvalue weighted by Crippen LogP contribution is -2.48. The summed E-state index contributed by atoms with van der Waals surface area (Å²) >= 11 is 6.62. The maximum Gasteiger partial charge on any atom is 0.416 e. The summed E-state index contributed by atoms with van der Waals surface area (Å²) in [6, 6.07) is 0.750. The first-order valence-corrected chi connectivity index (χ1v) is 27.2. The van der Waals surface area contributed by atoms with Crippen molar-refractivity contribution >= 4 is 56.2 Å². The number of hydrogen-bond acceptors (Lipinski definition) is 18. The van der Waals surface area contributed by atoms with Gasteiger partial charge in [-0.15, -0.1) is 15.0 Å². The minimum Gasteiger partial charge on any atom is -0.463 e. The topological polar surface area (TPSA) is 225 Å². The highest BCUT2D eigenvalue weighted by atomic mass is 35.5. The maximum atomic E-state index is 15.0. The summed E-state index contributed by atoms with van der Waals surface area (Å²) in [5.41, 5.74) is -0.516. The van der Waals surface area contributed by atoms with Gasteiger partial charge in [0.05, 0.1) is 44.4 Å². The van der Waals surface area contributed by atoms with Crippen molar-refractivity contribution in [3.63, 3.8) is 0 Å². The van der Waals surface area contributed by atoms with Gasteiger partial charge >= 0.3 is 19.7 Å². The van der Waals surface area contributed by atoms with Crippen LogP contribution in [0.5, 0.6) is 0 Å². The van der Waals surface area contributed by atoms with Gasteiger partial charge in [-0.1, -0.05) is 32.5 Å². The van der Waals surface area contributed by atoms with E-state index in [-0.39, 0.29) is 55.2 Å². The number of amides is 1. The highest BCUT2D eigenvalue weighted by Crippen LogP contribution is 2.62. The largest absolute Gasteiger partial charge is 0.463 e. The van der Waals surface area contributed by atoms with E-state index in [0.717, 1.165) is 31.7 Å². The smallest absolute Gasteiger partial charge is 0.416 e. The molecule has 5 heterocycles. The molecule has 0 N–H and O–H groups in total. The summed E-state index contributed by atoms with van der Waals surface area (Å²) < 4.78 is 71.3. The molecule has 0 aromatic carbocycles. The molecule has 1 unspecified atom stereocenters. The molecule has 0 bridgehead atoms. The third kappa shape index (κ3) is 11.3. The van der Waals surface area contributed by atoms with Crippen molar-refractivity contribution in [3.8, 4) is 0 Å². The first kappa shape index (κ1) is 49.3. The van der Waals surface area contributed by atoms with Crippen molar-refractivity contribution in [1.29, 1.82) is 0 Å². The van der Waals surface area contributed by atoms with Gasteiger partial charge in [-0.05, 0) is 91.1 Å². The summed E-state index contributed by atoms with van der Waals surface area (Å²) in [7, 11) is -5.91. The average molecular weight is 944 g/mol. The molecule has 21 nitrogen and oxygen atoms in total. The molecule has 63 heavy (non-hydrogen) atoms. The zero-order chi connectivity index (χ0) is 46.0. The van der Waals surface area contributed by atoms with Crippen molar-refractivity contribution in [2.45, 2.75) is 167 Å². The van der Waals surface area contributed by atoms with Crippen molar-refractivity contribution < 1.29 is 56.4 Å². The molecule has 3 aromatic rings. The number of fused-ring (bicyclic) bond motifs is 2. The Morgan fingerprint density at radius 3 is 2.35 bits per heavy atom. The SMILES string of the molecule is CCOC(=O)C(Cc1nnn(COCC[Si](C)(C)C)n1)(OC[C@H]1O[C@@H](n2ncc3c(N(C(=O)OC(C)(C)C)C4CCCC4)nc(Cl)nc32)[C@@H]2OC(C)(C)O[C@@H]21)P(=O)(OCC)OCC. The second-order valence-electron chi connectivity index (χ2n) is 18.3. The van der Waals surface area contributed by atoms with E-state index in [4.69, 9.17) is 58.9 Å².